The number of nitrogens with zero attached hydrogens (tertiary/aromatic N) is 2. The fourth-order valence-electron chi connectivity index (χ4n) is 4.34. The molecule has 6 heteroatoms. The maximum Gasteiger partial charge on any atom is 0.262 e. The van der Waals surface area contributed by atoms with E-state index in [1.165, 1.54) is 25.9 Å². The van der Waals surface area contributed by atoms with E-state index < -0.39 is 10.0 Å². The van der Waals surface area contributed by atoms with Gasteiger partial charge in [-0.05, 0) is 61.0 Å². The van der Waals surface area contributed by atoms with E-state index in [1.54, 1.807) is 12.1 Å². The number of anilines is 1. The smallest absolute Gasteiger partial charge is 0.262 e. The second kappa shape index (κ2) is 7.78. The van der Waals surface area contributed by atoms with Crippen molar-refractivity contribution in [3.63, 3.8) is 0 Å². The number of hydrogen-bond acceptors (Lipinski definition) is 3. The standard InChI is InChI=1S/C24H25N3O2S/c28-30(29,24-9-5-7-19-6-1-2-8-22(19)24)25-21-11-10-20-12-15-27(23(20)18-21)17-16-26-13-3-4-14-26/h1-2,5-12,15,18,25H,3-4,13-14,16-17H2. The van der Waals surface area contributed by atoms with Gasteiger partial charge < -0.3 is 9.47 Å². The predicted octanol–water partition coefficient (Wildman–Crippen LogP) is 4.69. The van der Waals surface area contributed by atoms with E-state index in [0.29, 0.717) is 10.6 Å². The second-order valence-electron chi connectivity index (χ2n) is 7.91. The van der Waals surface area contributed by atoms with E-state index in [9.17, 15) is 8.42 Å². The summed E-state index contributed by atoms with van der Waals surface area (Å²) in [6.07, 6.45) is 4.66. The van der Waals surface area contributed by atoms with Crippen molar-refractivity contribution < 1.29 is 8.42 Å². The van der Waals surface area contributed by atoms with Crippen LogP contribution in [0.4, 0.5) is 5.69 Å². The van der Waals surface area contributed by atoms with Gasteiger partial charge in [-0.3, -0.25) is 4.72 Å². The van der Waals surface area contributed by atoms with Crippen molar-refractivity contribution in [3.05, 3.63) is 72.9 Å². The van der Waals surface area contributed by atoms with Gasteiger partial charge in [0, 0.05) is 24.7 Å². The van der Waals surface area contributed by atoms with Crippen molar-refractivity contribution in [3.8, 4) is 0 Å². The van der Waals surface area contributed by atoms with Gasteiger partial charge in [0.1, 0.15) is 0 Å². The predicted molar refractivity (Wildman–Crippen MR) is 122 cm³/mol. The number of hydrogen-bond donors (Lipinski definition) is 1. The summed E-state index contributed by atoms with van der Waals surface area (Å²) >= 11 is 0. The molecule has 1 fully saturated rings. The Bertz CT molecular complexity index is 1300. The van der Waals surface area contributed by atoms with Crippen LogP contribution < -0.4 is 4.72 Å². The lowest BCUT2D eigenvalue weighted by molar-refractivity contribution is 0.324. The summed E-state index contributed by atoms with van der Waals surface area (Å²) in [5.74, 6) is 0. The number of aromatic nitrogens is 1. The summed E-state index contributed by atoms with van der Waals surface area (Å²) in [4.78, 5) is 2.78. The summed E-state index contributed by atoms with van der Waals surface area (Å²) < 4.78 is 31.3. The van der Waals surface area contributed by atoms with Crippen LogP contribution in [0.5, 0.6) is 0 Å². The van der Waals surface area contributed by atoms with Crippen molar-refractivity contribution >= 4 is 37.4 Å². The van der Waals surface area contributed by atoms with Gasteiger partial charge in [-0.25, -0.2) is 8.42 Å². The monoisotopic (exact) mass is 419 g/mol. The van der Waals surface area contributed by atoms with Crippen molar-refractivity contribution in [2.24, 2.45) is 0 Å². The van der Waals surface area contributed by atoms with E-state index in [4.69, 9.17) is 0 Å². The summed E-state index contributed by atoms with van der Waals surface area (Å²) in [6.45, 7) is 4.28. The van der Waals surface area contributed by atoms with Gasteiger partial charge >= 0.3 is 0 Å². The molecule has 1 aliphatic heterocycles. The molecule has 0 amide bonds. The molecule has 0 atom stereocenters. The number of likely N-dealkylation sites (tertiary alicyclic amines) is 1. The van der Waals surface area contributed by atoms with Crippen molar-refractivity contribution in [1.82, 2.24) is 9.47 Å². The largest absolute Gasteiger partial charge is 0.346 e. The minimum atomic E-state index is -3.70. The van der Waals surface area contributed by atoms with Crippen LogP contribution >= 0.6 is 0 Å². The molecule has 0 unspecified atom stereocenters. The van der Waals surface area contributed by atoms with Gasteiger partial charge in [0.15, 0.2) is 0 Å². The molecule has 5 rings (SSSR count). The first-order chi connectivity index (χ1) is 14.6. The molecular formula is C24H25N3O2S. The summed E-state index contributed by atoms with van der Waals surface area (Å²) in [7, 11) is -3.70. The first kappa shape index (κ1) is 19.2. The summed E-state index contributed by atoms with van der Waals surface area (Å²) in [5, 5.41) is 2.75. The fraction of sp³-hybridized carbons (Fsp3) is 0.250. The number of rotatable bonds is 6. The van der Waals surface area contributed by atoms with Crippen LogP contribution in [0, 0.1) is 0 Å². The van der Waals surface area contributed by atoms with Crippen molar-refractivity contribution in [2.75, 3.05) is 24.4 Å². The molecule has 0 saturated carbocycles. The highest BCUT2D eigenvalue weighted by Gasteiger charge is 2.18. The molecule has 1 aliphatic rings. The number of fused-ring (bicyclic) bond motifs is 2. The third-order valence-electron chi connectivity index (χ3n) is 5.92. The van der Waals surface area contributed by atoms with E-state index in [0.717, 1.165) is 34.8 Å². The SMILES string of the molecule is O=S(=O)(Nc1ccc2ccn(CCN3CCCC3)c2c1)c1cccc2ccccc12. The molecule has 0 aliphatic carbocycles. The van der Waals surface area contributed by atoms with Gasteiger partial charge in [0.25, 0.3) is 10.0 Å². The first-order valence-corrected chi connectivity index (χ1v) is 11.9. The van der Waals surface area contributed by atoms with Crippen LogP contribution in [0.2, 0.25) is 0 Å². The third kappa shape index (κ3) is 3.68. The molecule has 0 bridgehead atoms. The maximum absolute atomic E-state index is 13.1. The Morgan fingerprint density at radius 1 is 0.833 bits per heavy atom. The van der Waals surface area contributed by atoms with Crippen LogP contribution in [-0.2, 0) is 16.6 Å². The zero-order valence-corrected chi connectivity index (χ0v) is 17.6. The summed E-state index contributed by atoms with van der Waals surface area (Å²) in [6, 6.07) is 20.7. The first-order valence-electron chi connectivity index (χ1n) is 10.4. The molecule has 1 saturated heterocycles. The lowest BCUT2D eigenvalue weighted by Gasteiger charge is -2.16. The topological polar surface area (TPSA) is 54.3 Å². The highest BCUT2D eigenvalue weighted by Crippen LogP contribution is 2.27. The van der Waals surface area contributed by atoms with Crippen molar-refractivity contribution in [2.45, 2.75) is 24.3 Å². The van der Waals surface area contributed by atoms with E-state index >= 15 is 0 Å². The zero-order chi connectivity index (χ0) is 20.6. The molecule has 5 nitrogen and oxygen atoms in total. The van der Waals surface area contributed by atoms with E-state index in [-0.39, 0.29) is 0 Å². The van der Waals surface area contributed by atoms with Crippen LogP contribution in [0.3, 0.4) is 0 Å². The highest BCUT2D eigenvalue weighted by molar-refractivity contribution is 7.93. The Kier molecular flexibility index (Phi) is 4.97. The van der Waals surface area contributed by atoms with Gasteiger partial charge in [0.2, 0.25) is 0 Å². The number of nitrogens with one attached hydrogen (secondary N) is 1. The molecule has 3 aromatic carbocycles. The van der Waals surface area contributed by atoms with E-state index in [2.05, 4.69) is 26.5 Å². The molecule has 0 spiro atoms. The lowest BCUT2D eigenvalue weighted by Crippen LogP contribution is -2.23. The fourth-order valence-corrected chi connectivity index (χ4v) is 5.62. The molecule has 2 heterocycles. The van der Waals surface area contributed by atoms with Gasteiger partial charge in [-0.1, -0.05) is 42.5 Å². The molecule has 0 radical (unpaired) electrons. The minimum absolute atomic E-state index is 0.296. The quantitative estimate of drug-likeness (QED) is 0.493. The third-order valence-corrected chi connectivity index (χ3v) is 7.36. The average molecular weight is 420 g/mol. The highest BCUT2D eigenvalue weighted by atomic mass is 32.2. The van der Waals surface area contributed by atoms with Crippen LogP contribution in [0.15, 0.2) is 77.8 Å². The van der Waals surface area contributed by atoms with Gasteiger partial charge in [-0.2, -0.15) is 0 Å². The Balaban J connectivity index is 1.43. The average Bonchev–Trinajstić information content (AvgIpc) is 3.41. The van der Waals surface area contributed by atoms with Gasteiger partial charge in [-0.15, -0.1) is 0 Å². The Labute approximate surface area is 177 Å². The molecule has 30 heavy (non-hydrogen) atoms. The van der Waals surface area contributed by atoms with E-state index in [1.807, 2.05) is 48.5 Å². The number of benzene rings is 3. The lowest BCUT2D eigenvalue weighted by atomic mass is 10.1. The molecule has 154 valence electrons. The second-order valence-corrected chi connectivity index (χ2v) is 9.57. The maximum atomic E-state index is 13.1. The Morgan fingerprint density at radius 2 is 1.63 bits per heavy atom. The van der Waals surface area contributed by atoms with Crippen LogP contribution in [0.1, 0.15) is 12.8 Å². The minimum Gasteiger partial charge on any atom is -0.346 e. The molecular weight excluding hydrogens is 394 g/mol. The van der Waals surface area contributed by atoms with Crippen molar-refractivity contribution in [1.29, 1.82) is 0 Å². The van der Waals surface area contributed by atoms with Gasteiger partial charge in [0.05, 0.1) is 16.1 Å². The normalized spacial score (nSPS) is 15.2. The molecule has 1 N–H and O–H groups in total. The Morgan fingerprint density at radius 3 is 2.50 bits per heavy atom. The van der Waals surface area contributed by atoms with Crippen LogP contribution in [0.25, 0.3) is 21.7 Å². The number of sulfonamides is 1. The Hall–Kier alpha value is -2.83. The summed E-state index contributed by atoms with van der Waals surface area (Å²) in [5.41, 5.74) is 1.63. The molecule has 1 aromatic heterocycles. The zero-order valence-electron chi connectivity index (χ0n) is 16.8. The van der Waals surface area contributed by atoms with Crippen LogP contribution in [-0.4, -0.2) is 37.5 Å². The molecule has 4 aromatic rings.